The van der Waals surface area contributed by atoms with Crippen molar-refractivity contribution >= 4 is 0 Å². The average Bonchev–Trinajstić information content (AvgIpc) is 2.78. The molecule has 0 spiro atoms. The van der Waals surface area contributed by atoms with E-state index in [4.69, 9.17) is 9.15 Å². The van der Waals surface area contributed by atoms with Crippen LogP contribution in [0.3, 0.4) is 0 Å². The molecule has 0 aliphatic rings. The first-order valence-corrected chi connectivity index (χ1v) is 7.16. The Morgan fingerprint density at radius 2 is 1.95 bits per heavy atom. The summed E-state index contributed by atoms with van der Waals surface area (Å²) >= 11 is 0. The Bertz CT molecular complexity index is 605. The molecule has 0 aliphatic heterocycles. The first kappa shape index (κ1) is 15.6. The fourth-order valence-corrected chi connectivity index (χ4v) is 1.95. The fraction of sp³-hybridized carbons (Fsp3) is 0.412. The van der Waals surface area contributed by atoms with E-state index >= 15 is 0 Å². The molecule has 114 valence electrons. The SMILES string of the molecule is Cc1ccc(OCc2cc(C)c(CNC(C)C)o2)cc1F. The van der Waals surface area contributed by atoms with E-state index in [-0.39, 0.29) is 5.82 Å². The molecule has 0 fully saturated rings. The van der Waals surface area contributed by atoms with Crippen molar-refractivity contribution in [2.75, 3.05) is 0 Å². The van der Waals surface area contributed by atoms with Crippen LogP contribution < -0.4 is 10.1 Å². The van der Waals surface area contributed by atoms with Gasteiger partial charge in [-0.2, -0.15) is 0 Å². The summed E-state index contributed by atoms with van der Waals surface area (Å²) in [6, 6.07) is 7.23. The number of halogens is 1. The number of nitrogens with one attached hydrogen (secondary N) is 1. The highest BCUT2D eigenvalue weighted by Gasteiger charge is 2.09. The number of ether oxygens (including phenoxy) is 1. The second kappa shape index (κ2) is 6.76. The summed E-state index contributed by atoms with van der Waals surface area (Å²) in [6.07, 6.45) is 0. The van der Waals surface area contributed by atoms with Crippen molar-refractivity contribution < 1.29 is 13.5 Å². The van der Waals surface area contributed by atoms with Gasteiger partial charge >= 0.3 is 0 Å². The third kappa shape index (κ3) is 4.33. The van der Waals surface area contributed by atoms with E-state index in [1.807, 2.05) is 13.0 Å². The molecule has 0 radical (unpaired) electrons. The third-order valence-electron chi connectivity index (χ3n) is 3.27. The molecule has 0 aliphatic carbocycles. The zero-order valence-electron chi connectivity index (χ0n) is 13.0. The second-order valence-electron chi connectivity index (χ2n) is 5.55. The van der Waals surface area contributed by atoms with Gasteiger partial charge in [0, 0.05) is 12.1 Å². The normalized spacial score (nSPS) is 11.1. The van der Waals surface area contributed by atoms with Gasteiger partial charge in [0.25, 0.3) is 0 Å². The lowest BCUT2D eigenvalue weighted by molar-refractivity contribution is 0.263. The van der Waals surface area contributed by atoms with Crippen molar-refractivity contribution in [3.8, 4) is 5.75 Å². The van der Waals surface area contributed by atoms with Gasteiger partial charge in [-0.05, 0) is 37.1 Å². The largest absolute Gasteiger partial charge is 0.486 e. The molecule has 0 amide bonds. The molecule has 0 unspecified atom stereocenters. The molecule has 2 rings (SSSR count). The predicted octanol–water partition coefficient (Wildman–Crippen LogP) is 4.11. The highest BCUT2D eigenvalue weighted by Crippen LogP contribution is 2.19. The molecule has 0 atom stereocenters. The summed E-state index contributed by atoms with van der Waals surface area (Å²) in [6.45, 7) is 8.91. The predicted molar refractivity (Wildman–Crippen MR) is 80.9 cm³/mol. The Morgan fingerprint density at radius 3 is 2.62 bits per heavy atom. The van der Waals surface area contributed by atoms with E-state index in [0.717, 1.165) is 17.1 Å². The van der Waals surface area contributed by atoms with Gasteiger partial charge in [0.2, 0.25) is 0 Å². The zero-order valence-corrected chi connectivity index (χ0v) is 13.0. The van der Waals surface area contributed by atoms with Gasteiger partial charge in [0.1, 0.15) is 29.7 Å². The van der Waals surface area contributed by atoms with Crippen LogP contribution in [0.2, 0.25) is 0 Å². The maximum absolute atomic E-state index is 13.4. The van der Waals surface area contributed by atoms with Gasteiger partial charge in [-0.15, -0.1) is 0 Å². The molecule has 4 heteroatoms. The van der Waals surface area contributed by atoms with Crippen LogP contribution in [0.15, 0.2) is 28.7 Å². The monoisotopic (exact) mass is 291 g/mol. The smallest absolute Gasteiger partial charge is 0.146 e. The van der Waals surface area contributed by atoms with Crippen LogP contribution in [-0.4, -0.2) is 6.04 Å². The van der Waals surface area contributed by atoms with Gasteiger partial charge in [-0.25, -0.2) is 4.39 Å². The zero-order chi connectivity index (χ0) is 15.4. The van der Waals surface area contributed by atoms with E-state index in [9.17, 15) is 4.39 Å². The highest BCUT2D eigenvalue weighted by atomic mass is 19.1. The molecule has 0 bridgehead atoms. The van der Waals surface area contributed by atoms with E-state index in [1.54, 1.807) is 19.1 Å². The maximum atomic E-state index is 13.4. The van der Waals surface area contributed by atoms with Crippen LogP contribution in [0.1, 0.15) is 36.5 Å². The third-order valence-corrected chi connectivity index (χ3v) is 3.27. The van der Waals surface area contributed by atoms with Crippen LogP contribution in [0.25, 0.3) is 0 Å². The molecule has 3 nitrogen and oxygen atoms in total. The topological polar surface area (TPSA) is 34.4 Å². The lowest BCUT2D eigenvalue weighted by Crippen LogP contribution is -2.21. The molecule has 0 saturated heterocycles. The summed E-state index contributed by atoms with van der Waals surface area (Å²) < 4.78 is 24.8. The molecule has 1 aromatic carbocycles. The van der Waals surface area contributed by atoms with E-state index in [1.165, 1.54) is 6.07 Å². The van der Waals surface area contributed by atoms with E-state index in [2.05, 4.69) is 19.2 Å². The lowest BCUT2D eigenvalue weighted by Gasteiger charge is -2.07. The van der Waals surface area contributed by atoms with Crippen LogP contribution in [0, 0.1) is 19.7 Å². The Hall–Kier alpha value is -1.81. The van der Waals surface area contributed by atoms with Crippen molar-refractivity contribution in [3.05, 3.63) is 52.7 Å². The summed E-state index contributed by atoms with van der Waals surface area (Å²) in [7, 11) is 0. The number of furan rings is 1. The Balaban J connectivity index is 1.96. The molecular weight excluding hydrogens is 269 g/mol. The van der Waals surface area contributed by atoms with Crippen molar-refractivity contribution in [1.29, 1.82) is 0 Å². The molecule has 1 aromatic heterocycles. The van der Waals surface area contributed by atoms with E-state index in [0.29, 0.717) is 30.5 Å². The summed E-state index contributed by atoms with van der Waals surface area (Å²) in [4.78, 5) is 0. The van der Waals surface area contributed by atoms with Crippen molar-refractivity contribution in [3.63, 3.8) is 0 Å². The molecule has 1 N–H and O–H groups in total. The number of hydrogen-bond donors (Lipinski definition) is 1. The Labute approximate surface area is 125 Å². The maximum Gasteiger partial charge on any atom is 0.146 e. The minimum Gasteiger partial charge on any atom is -0.486 e. The van der Waals surface area contributed by atoms with Crippen LogP contribution in [0.5, 0.6) is 5.75 Å². The number of hydrogen-bond acceptors (Lipinski definition) is 3. The van der Waals surface area contributed by atoms with Gasteiger partial charge < -0.3 is 14.5 Å². The lowest BCUT2D eigenvalue weighted by atomic mass is 10.2. The van der Waals surface area contributed by atoms with Crippen molar-refractivity contribution in [2.24, 2.45) is 0 Å². The van der Waals surface area contributed by atoms with Crippen LogP contribution >= 0.6 is 0 Å². The van der Waals surface area contributed by atoms with E-state index < -0.39 is 0 Å². The summed E-state index contributed by atoms with van der Waals surface area (Å²) in [5, 5.41) is 3.32. The average molecular weight is 291 g/mol. The van der Waals surface area contributed by atoms with Gasteiger partial charge in [-0.1, -0.05) is 19.9 Å². The van der Waals surface area contributed by atoms with Gasteiger partial charge in [-0.3, -0.25) is 0 Å². The first-order valence-electron chi connectivity index (χ1n) is 7.16. The van der Waals surface area contributed by atoms with Crippen molar-refractivity contribution in [1.82, 2.24) is 5.32 Å². The first-order chi connectivity index (χ1) is 9.95. The van der Waals surface area contributed by atoms with Gasteiger partial charge in [0.15, 0.2) is 0 Å². The summed E-state index contributed by atoms with van der Waals surface area (Å²) in [5.74, 6) is 1.91. The second-order valence-corrected chi connectivity index (χ2v) is 5.55. The Kier molecular flexibility index (Phi) is 5.02. The highest BCUT2D eigenvalue weighted by molar-refractivity contribution is 5.28. The fourth-order valence-electron chi connectivity index (χ4n) is 1.95. The standard InChI is InChI=1S/C17H22FNO2/c1-11(2)19-9-17-13(4)7-15(21-17)10-20-14-6-5-12(3)16(18)8-14/h5-8,11,19H,9-10H2,1-4H3. The quantitative estimate of drug-likeness (QED) is 0.869. The molecule has 1 heterocycles. The number of rotatable bonds is 6. The molecule has 2 aromatic rings. The van der Waals surface area contributed by atoms with Crippen molar-refractivity contribution in [2.45, 2.75) is 46.9 Å². The minimum atomic E-state index is -0.259. The molecule has 21 heavy (non-hydrogen) atoms. The minimum absolute atomic E-state index is 0.259. The number of aryl methyl sites for hydroxylation is 2. The van der Waals surface area contributed by atoms with Crippen LogP contribution in [0.4, 0.5) is 4.39 Å². The summed E-state index contributed by atoms with van der Waals surface area (Å²) in [5.41, 5.74) is 1.70. The number of benzene rings is 1. The van der Waals surface area contributed by atoms with Crippen LogP contribution in [-0.2, 0) is 13.2 Å². The Morgan fingerprint density at radius 1 is 1.19 bits per heavy atom. The van der Waals surface area contributed by atoms with Gasteiger partial charge in [0.05, 0.1) is 6.54 Å². The molecular formula is C17H22FNO2. The molecule has 0 saturated carbocycles.